The van der Waals surface area contributed by atoms with Gasteiger partial charge < -0.3 is 11.1 Å². The molecule has 0 aliphatic rings. The van der Waals surface area contributed by atoms with E-state index in [4.69, 9.17) is 17.3 Å². The zero-order chi connectivity index (χ0) is 17.0. The number of nitrogens with zero attached hydrogens (tertiary/aromatic N) is 1. The van der Waals surface area contributed by atoms with Crippen molar-refractivity contribution in [3.8, 4) is 0 Å². The molecule has 0 saturated carbocycles. The maximum Gasteiger partial charge on any atom is 0.433 e. The number of pyridine rings is 1. The molecule has 122 valence electrons. The molecule has 0 spiro atoms. The molecular formula is C15H13ClF3N3O. The molecule has 0 aliphatic carbocycles. The number of carbonyl (C=O) groups is 1. The van der Waals surface area contributed by atoms with Gasteiger partial charge in [-0.2, -0.15) is 13.2 Å². The summed E-state index contributed by atoms with van der Waals surface area (Å²) in [6.07, 6.45) is -3.09. The summed E-state index contributed by atoms with van der Waals surface area (Å²) >= 11 is 5.75. The first-order valence-electron chi connectivity index (χ1n) is 6.64. The summed E-state index contributed by atoms with van der Waals surface area (Å²) in [6.45, 7) is 0.512. The molecule has 0 fully saturated rings. The number of nitrogens with two attached hydrogens (primary N) is 1. The number of anilines is 1. The van der Waals surface area contributed by atoms with Gasteiger partial charge in [-0.25, -0.2) is 0 Å². The predicted molar refractivity (Wildman–Crippen MR) is 81.4 cm³/mol. The normalized spacial score (nSPS) is 11.3. The van der Waals surface area contributed by atoms with E-state index in [9.17, 15) is 18.0 Å². The van der Waals surface area contributed by atoms with E-state index >= 15 is 0 Å². The molecule has 1 aromatic heterocycles. The second-order valence-corrected chi connectivity index (χ2v) is 5.14. The molecule has 0 bridgehead atoms. The maximum absolute atomic E-state index is 12.5. The number of halogens is 4. The Kier molecular flexibility index (Phi) is 5.23. The van der Waals surface area contributed by atoms with Crippen LogP contribution in [0.3, 0.4) is 0 Å². The summed E-state index contributed by atoms with van der Waals surface area (Å²) in [4.78, 5) is 15.3. The van der Waals surface area contributed by atoms with E-state index in [0.717, 1.165) is 11.8 Å². The lowest BCUT2D eigenvalue weighted by molar-refractivity contribution is -0.141. The number of benzene rings is 1. The Morgan fingerprint density at radius 2 is 1.91 bits per heavy atom. The highest BCUT2D eigenvalue weighted by Crippen LogP contribution is 2.30. The predicted octanol–water partition coefficient (Wildman–Crippen LogP) is 3.51. The van der Waals surface area contributed by atoms with Crippen molar-refractivity contribution in [1.29, 1.82) is 0 Å². The second-order valence-electron chi connectivity index (χ2n) is 4.74. The Bertz CT molecular complexity index is 702. The average molecular weight is 344 g/mol. The van der Waals surface area contributed by atoms with Gasteiger partial charge in [-0.15, -0.1) is 0 Å². The number of alkyl halides is 3. The van der Waals surface area contributed by atoms with Gasteiger partial charge >= 0.3 is 6.18 Å². The molecule has 0 atom stereocenters. The first-order chi connectivity index (χ1) is 10.8. The fraction of sp³-hybridized carbons (Fsp3) is 0.200. The van der Waals surface area contributed by atoms with E-state index in [0.29, 0.717) is 24.7 Å². The molecule has 0 saturated heterocycles. The van der Waals surface area contributed by atoms with Crippen molar-refractivity contribution in [2.45, 2.75) is 12.6 Å². The van der Waals surface area contributed by atoms with Crippen molar-refractivity contribution in [3.63, 3.8) is 0 Å². The Morgan fingerprint density at radius 3 is 2.43 bits per heavy atom. The van der Waals surface area contributed by atoms with Gasteiger partial charge in [0.1, 0.15) is 5.69 Å². The molecule has 1 heterocycles. The summed E-state index contributed by atoms with van der Waals surface area (Å²) in [5.74, 6) is -0.636. The summed E-state index contributed by atoms with van der Waals surface area (Å²) in [5.41, 5.74) is 5.67. The van der Waals surface area contributed by atoms with Crippen LogP contribution >= 0.6 is 11.6 Å². The highest BCUT2D eigenvalue weighted by atomic mass is 35.5. The molecule has 1 amide bonds. The van der Waals surface area contributed by atoms with Crippen LogP contribution in [-0.4, -0.2) is 17.4 Å². The molecule has 0 aliphatic heterocycles. The zero-order valence-corrected chi connectivity index (χ0v) is 12.6. The first-order valence-corrected chi connectivity index (χ1v) is 7.02. The van der Waals surface area contributed by atoms with Gasteiger partial charge in [0.25, 0.3) is 5.91 Å². The minimum Gasteiger partial charge on any atom is -0.330 e. The van der Waals surface area contributed by atoms with Crippen molar-refractivity contribution in [2.75, 3.05) is 11.9 Å². The number of hydrogen-bond donors (Lipinski definition) is 2. The van der Waals surface area contributed by atoms with Gasteiger partial charge in [-0.05, 0) is 36.7 Å². The van der Waals surface area contributed by atoms with Crippen LogP contribution < -0.4 is 11.1 Å². The Labute approximate surface area is 135 Å². The van der Waals surface area contributed by atoms with Crippen molar-refractivity contribution >= 4 is 23.2 Å². The van der Waals surface area contributed by atoms with Crippen LogP contribution in [0.15, 0.2) is 36.5 Å². The van der Waals surface area contributed by atoms with Crippen LogP contribution in [0.5, 0.6) is 0 Å². The van der Waals surface area contributed by atoms with Crippen LogP contribution in [-0.2, 0) is 12.6 Å². The van der Waals surface area contributed by atoms with Gasteiger partial charge in [0.15, 0.2) is 0 Å². The van der Waals surface area contributed by atoms with Gasteiger partial charge in [0.05, 0.1) is 10.6 Å². The van der Waals surface area contributed by atoms with Gasteiger partial charge in [0, 0.05) is 11.9 Å². The fourth-order valence-corrected chi connectivity index (χ4v) is 2.11. The Balaban J connectivity index is 2.14. The lowest BCUT2D eigenvalue weighted by Gasteiger charge is -2.10. The molecule has 8 heteroatoms. The van der Waals surface area contributed by atoms with E-state index < -0.39 is 17.8 Å². The van der Waals surface area contributed by atoms with Crippen molar-refractivity contribution in [2.24, 2.45) is 5.73 Å². The fourth-order valence-electron chi connectivity index (χ4n) is 1.87. The number of rotatable bonds is 4. The third kappa shape index (κ3) is 4.43. The molecule has 0 unspecified atom stereocenters. The van der Waals surface area contributed by atoms with E-state index in [1.165, 1.54) is 0 Å². The smallest absolute Gasteiger partial charge is 0.330 e. The second kappa shape index (κ2) is 6.97. The number of hydrogen-bond acceptors (Lipinski definition) is 3. The van der Waals surface area contributed by atoms with Crippen molar-refractivity contribution in [3.05, 3.63) is 58.4 Å². The number of carbonyl (C=O) groups excluding carboxylic acids is 1. The Hall–Kier alpha value is -2.12. The molecular weight excluding hydrogens is 331 g/mol. The SMILES string of the molecule is NCCc1ccc(NC(=O)c2cnc(C(F)(F)F)cc2Cl)cc1. The molecule has 2 rings (SSSR count). The Morgan fingerprint density at radius 1 is 1.26 bits per heavy atom. The van der Waals surface area contributed by atoms with Crippen molar-refractivity contribution in [1.82, 2.24) is 4.98 Å². The van der Waals surface area contributed by atoms with E-state index in [2.05, 4.69) is 10.3 Å². The molecule has 23 heavy (non-hydrogen) atoms. The summed E-state index contributed by atoms with van der Waals surface area (Å²) in [7, 11) is 0. The quantitative estimate of drug-likeness (QED) is 0.892. The van der Waals surface area contributed by atoms with Crippen LogP contribution in [0.1, 0.15) is 21.6 Å². The topological polar surface area (TPSA) is 68.0 Å². The van der Waals surface area contributed by atoms with Crippen molar-refractivity contribution < 1.29 is 18.0 Å². The zero-order valence-electron chi connectivity index (χ0n) is 11.8. The minimum absolute atomic E-state index is 0.134. The maximum atomic E-state index is 12.5. The summed E-state index contributed by atoms with van der Waals surface area (Å²) in [6, 6.07) is 7.58. The largest absolute Gasteiger partial charge is 0.433 e. The van der Waals surface area contributed by atoms with Crippen LogP contribution in [0.4, 0.5) is 18.9 Å². The number of aromatic nitrogens is 1. The monoisotopic (exact) mass is 343 g/mol. The molecule has 2 aromatic rings. The number of amides is 1. The lowest BCUT2D eigenvalue weighted by atomic mass is 10.1. The van der Waals surface area contributed by atoms with Gasteiger partial charge in [-0.1, -0.05) is 23.7 Å². The first kappa shape index (κ1) is 17.2. The van der Waals surface area contributed by atoms with E-state index in [1.54, 1.807) is 24.3 Å². The average Bonchev–Trinajstić information content (AvgIpc) is 2.48. The highest BCUT2D eigenvalue weighted by Gasteiger charge is 2.33. The molecule has 3 N–H and O–H groups in total. The molecule has 1 aromatic carbocycles. The highest BCUT2D eigenvalue weighted by molar-refractivity contribution is 6.34. The minimum atomic E-state index is -4.61. The molecule has 0 radical (unpaired) electrons. The number of nitrogens with one attached hydrogen (secondary N) is 1. The van der Waals surface area contributed by atoms with Crippen LogP contribution in [0.2, 0.25) is 5.02 Å². The van der Waals surface area contributed by atoms with E-state index in [-0.39, 0.29) is 10.6 Å². The summed E-state index contributed by atoms with van der Waals surface area (Å²) < 4.78 is 37.6. The third-order valence-corrected chi connectivity index (χ3v) is 3.35. The molecule has 4 nitrogen and oxygen atoms in total. The van der Waals surface area contributed by atoms with Gasteiger partial charge in [0.2, 0.25) is 0 Å². The van der Waals surface area contributed by atoms with E-state index in [1.807, 2.05) is 0 Å². The summed E-state index contributed by atoms with van der Waals surface area (Å²) in [5, 5.41) is 2.24. The van der Waals surface area contributed by atoms with Gasteiger partial charge in [-0.3, -0.25) is 9.78 Å². The standard InChI is InChI=1S/C15H13ClF3N3O/c16-12-7-13(15(17,18)19)21-8-11(12)14(23)22-10-3-1-9(2-4-10)5-6-20/h1-4,7-8H,5-6,20H2,(H,22,23). The third-order valence-electron chi connectivity index (χ3n) is 3.03. The van der Waals surface area contributed by atoms with Crippen LogP contribution in [0, 0.1) is 0 Å². The van der Waals surface area contributed by atoms with Crippen LogP contribution in [0.25, 0.3) is 0 Å². The lowest BCUT2D eigenvalue weighted by Crippen LogP contribution is -2.15.